The van der Waals surface area contributed by atoms with E-state index < -0.39 is 5.60 Å². The molecular weight excluding hydrogens is 206 g/mol. The summed E-state index contributed by atoms with van der Waals surface area (Å²) in [7, 11) is 1.71. The summed E-state index contributed by atoms with van der Waals surface area (Å²) in [5.74, 6) is 0.562. The Hall–Kier alpha value is -0.770. The standard InChI is InChI=1S/C12H23NO3/c1-12(2,3)16-11(14)13-7-5-10(9-13)6-8-15-4/h10H,5-9H2,1-4H3/t10-/m1/s1. The summed E-state index contributed by atoms with van der Waals surface area (Å²) in [6.07, 6.45) is 1.89. The SMILES string of the molecule is COCC[C@H]1CCN(C(=O)OC(C)(C)C)C1. The Kier molecular flexibility index (Phi) is 4.59. The van der Waals surface area contributed by atoms with Crippen molar-refractivity contribution in [2.45, 2.75) is 39.2 Å². The lowest BCUT2D eigenvalue weighted by Crippen LogP contribution is -2.35. The van der Waals surface area contributed by atoms with Crippen molar-refractivity contribution in [3.63, 3.8) is 0 Å². The van der Waals surface area contributed by atoms with Crippen LogP contribution in [-0.2, 0) is 9.47 Å². The maximum atomic E-state index is 11.8. The average molecular weight is 229 g/mol. The molecule has 0 unspecified atom stereocenters. The summed E-state index contributed by atoms with van der Waals surface area (Å²) in [6, 6.07) is 0. The maximum absolute atomic E-state index is 11.8. The van der Waals surface area contributed by atoms with E-state index in [2.05, 4.69) is 0 Å². The first-order chi connectivity index (χ1) is 7.42. The highest BCUT2D eigenvalue weighted by atomic mass is 16.6. The molecule has 0 N–H and O–H groups in total. The molecule has 1 aliphatic rings. The number of hydrogen-bond donors (Lipinski definition) is 0. The Morgan fingerprint density at radius 1 is 1.44 bits per heavy atom. The maximum Gasteiger partial charge on any atom is 0.410 e. The molecule has 0 bridgehead atoms. The zero-order valence-corrected chi connectivity index (χ0v) is 10.8. The van der Waals surface area contributed by atoms with Crippen molar-refractivity contribution in [1.29, 1.82) is 0 Å². The van der Waals surface area contributed by atoms with Gasteiger partial charge in [0.2, 0.25) is 0 Å². The van der Waals surface area contributed by atoms with E-state index in [-0.39, 0.29) is 6.09 Å². The third-order valence-corrected chi connectivity index (χ3v) is 2.67. The first-order valence-electron chi connectivity index (χ1n) is 5.89. The summed E-state index contributed by atoms with van der Waals surface area (Å²) < 4.78 is 10.4. The van der Waals surface area contributed by atoms with Crippen LogP contribution >= 0.6 is 0 Å². The van der Waals surface area contributed by atoms with E-state index in [0.717, 1.165) is 32.5 Å². The first-order valence-corrected chi connectivity index (χ1v) is 5.89. The zero-order chi connectivity index (χ0) is 12.2. The van der Waals surface area contributed by atoms with Crippen molar-refractivity contribution in [3.8, 4) is 0 Å². The molecule has 0 radical (unpaired) electrons. The van der Waals surface area contributed by atoms with Crippen molar-refractivity contribution in [2.75, 3.05) is 26.8 Å². The molecule has 1 fully saturated rings. The van der Waals surface area contributed by atoms with Gasteiger partial charge in [0, 0.05) is 26.8 Å². The van der Waals surface area contributed by atoms with Gasteiger partial charge < -0.3 is 14.4 Å². The van der Waals surface area contributed by atoms with Crippen LogP contribution in [0.2, 0.25) is 0 Å². The molecule has 1 amide bonds. The second-order valence-electron chi connectivity index (χ2n) is 5.36. The Labute approximate surface area is 97.9 Å². The van der Waals surface area contributed by atoms with Crippen LogP contribution in [0, 0.1) is 5.92 Å². The Balaban J connectivity index is 2.32. The highest BCUT2D eigenvalue weighted by Crippen LogP contribution is 2.21. The van der Waals surface area contributed by atoms with Crippen molar-refractivity contribution >= 4 is 6.09 Å². The van der Waals surface area contributed by atoms with E-state index in [9.17, 15) is 4.79 Å². The van der Waals surface area contributed by atoms with Crippen molar-refractivity contribution in [1.82, 2.24) is 4.90 Å². The quantitative estimate of drug-likeness (QED) is 0.745. The molecular formula is C12H23NO3. The number of methoxy groups -OCH3 is 1. The van der Waals surface area contributed by atoms with Gasteiger partial charge in [-0.1, -0.05) is 0 Å². The van der Waals surface area contributed by atoms with Gasteiger partial charge in [-0.05, 0) is 39.5 Å². The van der Waals surface area contributed by atoms with Crippen LogP contribution < -0.4 is 0 Å². The van der Waals surface area contributed by atoms with Crippen LogP contribution in [0.4, 0.5) is 4.79 Å². The molecule has 1 saturated heterocycles. The second-order valence-corrected chi connectivity index (χ2v) is 5.36. The predicted molar refractivity (Wildman–Crippen MR) is 62.4 cm³/mol. The minimum absolute atomic E-state index is 0.188. The zero-order valence-electron chi connectivity index (χ0n) is 10.8. The van der Waals surface area contributed by atoms with Gasteiger partial charge in [0.25, 0.3) is 0 Å². The van der Waals surface area contributed by atoms with Crippen LogP contribution in [-0.4, -0.2) is 43.4 Å². The fourth-order valence-corrected chi connectivity index (χ4v) is 1.85. The lowest BCUT2D eigenvalue weighted by molar-refractivity contribution is 0.0285. The number of carbonyl (C=O) groups excluding carboxylic acids is 1. The van der Waals surface area contributed by atoms with Gasteiger partial charge in [0.15, 0.2) is 0 Å². The summed E-state index contributed by atoms with van der Waals surface area (Å²) in [6.45, 7) is 8.06. The van der Waals surface area contributed by atoms with E-state index in [0.29, 0.717) is 5.92 Å². The van der Waals surface area contributed by atoms with Gasteiger partial charge >= 0.3 is 6.09 Å². The number of nitrogens with zero attached hydrogens (tertiary/aromatic N) is 1. The molecule has 4 nitrogen and oxygen atoms in total. The topological polar surface area (TPSA) is 38.8 Å². The summed E-state index contributed by atoms with van der Waals surface area (Å²) in [4.78, 5) is 13.5. The van der Waals surface area contributed by atoms with Crippen LogP contribution in [0.25, 0.3) is 0 Å². The third-order valence-electron chi connectivity index (χ3n) is 2.67. The van der Waals surface area contributed by atoms with Crippen LogP contribution in [0.1, 0.15) is 33.6 Å². The van der Waals surface area contributed by atoms with E-state index in [1.54, 1.807) is 12.0 Å². The van der Waals surface area contributed by atoms with Crippen molar-refractivity contribution in [2.24, 2.45) is 5.92 Å². The van der Waals surface area contributed by atoms with Gasteiger partial charge in [-0.25, -0.2) is 4.79 Å². The van der Waals surface area contributed by atoms with E-state index in [1.165, 1.54) is 0 Å². The van der Waals surface area contributed by atoms with Gasteiger partial charge in [0.05, 0.1) is 0 Å². The Morgan fingerprint density at radius 2 is 2.12 bits per heavy atom. The number of hydrogen-bond acceptors (Lipinski definition) is 3. The van der Waals surface area contributed by atoms with E-state index in [1.807, 2.05) is 20.8 Å². The largest absolute Gasteiger partial charge is 0.444 e. The molecule has 0 aliphatic carbocycles. The van der Waals surface area contributed by atoms with Gasteiger partial charge in [-0.3, -0.25) is 0 Å². The monoisotopic (exact) mass is 229 g/mol. The smallest absolute Gasteiger partial charge is 0.410 e. The van der Waals surface area contributed by atoms with Crippen LogP contribution in [0.3, 0.4) is 0 Å². The first kappa shape index (κ1) is 13.3. The van der Waals surface area contributed by atoms with Crippen molar-refractivity contribution < 1.29 is 14.3 Å². The summed E-state index contributed by atoms with van der Waals surface area (Å²) in [5, 5.41) is 0. The van der Waals surface area contributed by atoms with Gasteiger partial charge in [-0.2, -0.15) is 0 Å². The Bertz CT molecular complexity index is 235. The number of likely N-dealkylation sites (tertiary alicyclic amines) is 1. The molecule has 0 aromatic heterocycles. The molecule has 1 heterocycles. The molecule has 0 aromatic carbocycles. The molecule has 94 valence electrons. The lowest BCUT2D eigenvalue weighted by Gasteiger charge is -2.24. The molecule has 0 saturated carbocycles. The van der Waals surface area contributed by atoms with Crippen LogP contribution in [0.15, 0.2) is 0 Å². The number of carbonyl (C=O) groups is 1. The average Bonchev–Trinajstić information content (AvgIpc) is 2.60. The normalized spacial score (nSPS) is 21.2. The van der Waals surface area contributed by atoms with E-state index >= 15 is 0 Å². The third kappa shape index (κ3) is 4.39. The molecule has 1 aliphatic heterocycles. The van der Waals surface area contributed by atoms with Gasteiger partial charge in [-0.15, -0.1) is 0 Å². The predicted octanol–water partition coefficient (Wildman–Crippen LogP) is 2.28. The highest BCUT2D eigenvalue weighted by molar-refractivity contribution is 5.68. The summed E-state index contributed by atoms with van der Waals surface area (Å²) in [5.41, 5.74) is -0.401. The fraction of sp³-hybridized carbons (Fsp3) is 0.917. The van der Waals surface area contributed by atoms with E-state index in [4.69, 9.17) is 9.47 Å². The minimum Gasteiger partial charge on any atom is -0.444 e. The molecule has 1 rings (SSSR count). The molecule has 16 heavy (non-hydrogen) atoms. The molecule has 1 atom stereocenters. The number of rotatable bonds is 3. The van der Waals surface area contributed by atoms with Crippen molar-refractivity contribution in [3.05, 3.63) is 0 Å². The summed E-state index contributed by atoms with van der Waals surface area (Å²) >= 11 is 0. The number of amides is 1. The van der Waals surface area contributed by atoms with Gasteiger partial charge in [0.1, 0.15) is 5.60 Å². The fourth-order valence-electron chi connectivity index (χ4n) is 1.85. The lowest BCUT2D eigenvalue weighted by atomic mass is 10.1. The Morgan fingerprint density at radius 3 is 2.69 bits per heavy atom. The molecule has 0 aromatic rings. The van der Waals surface area contributed by atoms with Crippen LogP contribution in [0.5, 0.6) is 0 Å². The second kappa shape index (κ2) is 5.53. The number of ether oxygens (including phenoxy) is 2. The molecule has 0 spiro atoms. The minimum atomic E-state index is -0.401. The highest BCUT2D eigenvalue weighted by Gasteiger charge is 2.29. The molecule has 4 heteroatoms.